The molecular weight excluding hydrogens is 921 g/mol. The number of aliphatic hydroxyl groups is 4. The summed E-state index contributed by atoms with van der Waals surface area (Å²) in [6, 6.07) is 10.2. The van der Waals surface area contributed by atoms with Gasteiger partial charge in [-0.05, 0) is 167 Å². The summed E-state index contributed by atoms with van der Waals surface area (Å²) in [4.78, 5) is 7.78. The molecule has 5 aliphatic rings. The third-order valence-electron chi connectivity index (χ3n) is 17.6. The minimum atomic E-state index is -0.933. The lowest BCUT2D eigenvalue weighted by molar-refractivity contribution is 0.0714. The number of ether oxygens (including phenoxy) is 1. The van der Waals surface area contributed by atoms with Crippen LogP contribution in [0.1, 0.15) is 149 Å². The fraction of sp³-hybridized carbons (Fsp3) is 0.727. The highest BCUT2D eigenvalue weighted by Crippen LogP contribution is 2.53. The zero-order chi connectivity index (χ0) is 49.3. The fourth-order valence-corrected chi connectivity index (χ4v) is 16.6. The topological polar surface area (TPSA) is 228 Å². The van der Waals surface area contributed by atoms with Gasteiger partial charge in [-0.2, -0.15) is 0 Å². The van der Waals surface area contributed by atoms with Crippen molar-refractivity contribution in [2.24, 2.45) is 63.8 Å². The molecule has 390 valence electrons. The van der Waals surface area contributed by atoms with Crippen molar-refractivity contribution in [3.8, 4) is 11.5 Å². The highest BCUT2D eigenvalue weighted by Gasteiger charge is 2.46. The van der Waals surface area contributed by atoms with Gasteiger partial charge >= 0.3 is 0 Å². The number of aromatic amines is 1. The second-order valence-electron chi connectivity index (χ2n) is 22.1. The van der Waals surface area contributed by atoms with Crippen LogP contribution in [0.4, 0.5) is 0 Å². The number of aromatic nitrogens is 1. The molecule has 14 unspecified atom stereocenters. The van der Waals surface area contributed by atoms with E-state index in [1.807, 2.05) is 39.8 Å². The fourth-order valence-electron chi connectivity index (χ4n) is 13.7. The van der Waals surface area contributed by atoms with Crippen LogP contribution < -0.4 is 26.8 Å². The zero-order valence-electron chi connectivity index (χ0n) is 42.2. The van der Waals surface area contributed by atoms with Gasteiger partial charge in [0, 0.05) is 85.5 Å². The Bertz CT molecular complexity index is 2130. The van der Waals surface area contributed by atoms with E-state index in [-0.39, 0.29) is 43.6 Å². The highest BCUT2D eigenvalue weighted by molar-refractivity contribution is 8.76. The summed E-state index contributed by atoms with van der Waals surface area (Å²) >= 11 is 0. The summed E-state index contributed by atoms with van der Waals surface area (Å²) in [6.45, 7) is 4.71. The molecule has 14 atom stereocenters. The third-order valence-corrected chi connectivity index (χ3v) is 20.1. The molecule has 8 rings (SSSR count). The maximum atomic E-state index is 11.5. The molecule has 15 heteroatoms. The molecule has 2 aromatic heterocycles. The van der Waals surface area contributed by atoms with Crippen molar-refractivity contribution in [1.82, 2.24) is 15.6 Å². The molecule has 4 fully saturated rings. The molecule has 0 radical (unpaired) electrons. The van der Waals surface area contributed by atoms with Crippen molar-refractivity contribution in [1.29, 1.82) is 0 Å². The molecule has 4 bridgehead atoms. The van der Waals surface area contributed by atoms with Gasteiger partial charge in [-0.1, -0.05) is 53.8 Å². The maximum absolute atomic E-state index is 11.5. The van der Waals surface area contributed by atoms with Crippen LogP contribution >= 0.6 is 21.6 Å². The van der Waals surface area contributed by atoms with Gasteiger partial charge in [0.05, 0.1) is 12.7 Å². The Kier molecular flexibility index (Phi) is 19.4. The van der Waals surface area contributed by atoms with Gasteiger partial charge in [0.15, 0.2) is 17.5 Å². The monoisotopic (exact) mass is 1010 g/mol. The molecule has 1 aliphatic heterocycles. The molecule has 0 amide bonds. The molecule has 3 aromatic rings. The number of aliphatic hydroxyl groups excluding tert-OH is 4. The number of furan rings is 1. The van der Waals surface area contributed by atoms with Crippen molar-refractivity contribution < 1.29 is 34.7 Å². The van der Waals surface area contributed by atoms with E-state index < -0.39 is 12.2 Å². The second kappa shape index (κ2) is 25.4. The van der Waals surface area contributed by atoms with Crippen molar-refractivity contribution >= 4 is 27.5 Å². The number of aromatic hydroxyl groups is 1. The van der Waals surface area contributed by atoms with Crippen LogP contribution in [0.15, 0.2) is 39.7 Å². The number of phenols is 1. The molecule has 13 nitrogen and oxygen atoms in total. The third kappa shape index (κ3) is 13.3. The number of H-pyrrole nitrogens is 1. The Hall–Kier alpha value is -2.89. The average molecular weight is 1010 g/mol. The number of nitrogens with zero attached hydrogens (tertiary/aromatic N) is 1. The first-order valence-electron chi connectivity index (χ1n) is 27.0. The summed E-state index contributed by atoms with van der Waals surface area (Å²) in [5.41, 5.74) is 18.1. The number of hydrogen-bond donors (Lipinski definition) is 10. The number of aryl methyl sites for hydroxylation is 4. The number of aliphatic imine (C=N–C) groups is 1. The summed E-state index contributed by atoms with van der Waals surface area (Å²) in [5.74, 6) is 9.74. The minimum Gasteiger partial charge on any atom is -0.504 e. The Morgan fingerprint density at radius 2 is 1.77 bits per heavy atom. The number of guanidine groups is 1. The van der Waals surface area contributed by atoms with Crippen molar-refractivity contribution in [3.63, 3.8) is 0 Å². The van der Waals surface area contributed by atoms with E-state index in [1.165, 1.54) is 50.5 Å². The smallest absolute Gasteiger partial charge is 0.188 e. The predicted octanol–water partition coefficient (Wildman–Crippen LogP) is 7.90. The van der Waals surface area contributed by atoms with E-state index >= 15 is 0 Å². The van der Waals surface area contributed by atoms with Gasteiger partial charge in [0.1, 0.15) is 24.2 Å². The first kappa shape index (κ1) is 53.4. The molecule has 70 heavy (non-hydrogen) atoms. The summed E-state index contributed by atoms with van der Waals surface area (Å²) in [5, 5.41) is 60.0. The lowest BCUT2D eigenvalue weighted by Gasteiger charge is -2.46. The van der Waals surface area contributed by atoms with Gasteiger partial charge in [-0.25, -0.2) is 0 Å². The molecule has 0 spiro atoms. The van der Waals surface area contributed by atoms with Crippen LogP contribution in [-0.2, 0) is 32.3 Å². The number of phenolic OH excluding ortho intramolecular Hbond substituents is 1. The average Bonchev–Trinajstić information content (AvgIpc) is 4.07. The lowest BCUT2D eigenvalue weighted by Crippen LogP contribution is -2.48. The van der Waals surface area contributed by atoms with Crippen LogP contribution in [-0.4, -0.2) is 99.0 Å². The van der Waals surface area contributed by atoms with Gasteiger partial charge in [0.2, 0.25) is 0 Å². The largest absolute Gasteiger partial charge is 0.504 e. The Morgan fingerprint density at radius 1 is 0.943 bits per heavy atom. The number of benzene rings is 1. The molecule has 1 saturated heterocycles. The Morgan fingerprint density at radius 3 is 2.57 bits per heavy atom. The normalized spacial score (nSPS) is 30.8. The first-order valence-corrected chi connectivity index (χ1v) is 29.5. The molecule has 1 aromatic carbocycles. The standard InChI is InChI=1S/C55H86N6O7S2/c1-32-9-16-40-37-22-34(11-17-42(40)44(45(56)25-37)30-69-70-31-49(32)61-55(57)58-3)13-20-52-38(28-63)24-39(68-52)15-10-35-12-19-50(65)53(23-35)67-29-51(66)48-26-43-46(60-48)18-14-36-6-4-7-41(36)54(43)47(8-5-21-62)59-27-33(2)64/h12,19,23-24,26,32-34,36-37,40-42,44-45,47,49,51,54,59-60,62-66H,4-11,13-18,20-22,25,27-31,56H2,1-3H3,(H3,57,58,61). The molecule has 3 saturated carbocycles. The van der Waals surface area contributed by atoms with Crippen LogP contribution in [0.5, 0.6) is 11.5 Å². The van der Waals surface area contributed by atoms with Gasteiger partial charge in [-0.3, -0.25) is 4.99 Å². The second-order valence-corrected chi connectivity index (χ2v) is 24.7. The first-order chi connectivity index (χ1) is 33.9. The predicted molar refractivity (Wildman–Crippen MR) is 283 cm³/mol. The quantitative estimate of drug-likeness (QED) is 0.0313. The molecule has 3 heterocycles. The molecule has 12 N–H and O–H groups in total. The lowest BCUT2D eigenvalue weighted by atomic mass is 9.62. The van der Waals surface area contributed by atoms with Crippen molar-refractivity contribution in [3.05, 3.63) is 69.9 Å². The van der Waals surface area contributed by atoms with E-state index in [0.29, 0.717) is 96.6 Å². The van der Waals surface area contributed by atoms with Crippen molar-refractivity contribution in [2.75, 3.05) is 38.3 Å². The summed E-state index contributed by atoms with van der Waals surface area (Å²) in [6.07, 6.45) is 16.1. The van der Waals surface area contributed by atoms with Crippen molar-refractivity contribution in [2.45, 2.75) is 166 Å². The van der Waals surface area contributed by atoms with E-state index in [4.69, 9.17) is 20.6 Å². The van der Waals surface area contributed by atoms with Gasteiger partial charge in [0.25, 0.3) is 0 Å². The van der Waals surface area contributed by atoms with Gasteiger partial charge in [-0.15, -0.1) is 0 Å². The van der Waals surface area contributed by atoms with E-state index in [9.17, 15) is 25.5 Å². The van der Waals surface area contributed by atoms with Crippen LogP contribution in [0.2, 0.25) is 0 Å². The van der Waals surface area contributed by atoms with E-state index in [0.717, 1.165) is 84.8 Å². The van der Waals surface area contributed by atoms with Gasteiger partial charge < -0.3 is 61.8 Å². The number of hydrogen-bond acceptors (Lipinski definition) is 12. The summed E-state index contributed by atoms with van der Waals surface area (Å²) < 4.78 is 12.7. The Labute approximate surface area is 425 Å². The maximum Gasteiger partial charge on any atom is 0.188 e. The minimum absolute atomic E-state index is 0.0200. The Balaban J connectivity index is 0.867. The summed E-state index contributed by atoms with van der Waals surface area (Å²) in [7, 11) is 5.70. The van der Waals surface area contributed by atoms with Crippen LogP contribution in [0.25, 0.3) is 0 Å². The molecule has 4 aliphatic carbocycles. The highest BCUT2D eigenvalue weighted by atomic mass is 33.1. The van der Waals surface area contributed by atoms with Crippen LogP contribution in [0.3, 0.4) is 0 Å². The SMILES string of the molecule is CN=C(N)NC1CSSCC2C(N)CC3CC(CCc4oc(CCc5ccc(O)c(OCC(O)c6cc7c([nH]6)CCC6CCCC6C7C(CCCO)NCC(C)O)c5)cc4CO)CCC2C3CCC1C. The number of nitrogens with one attached hydrogen (secondary N) is 3. The van der Waals surface area contributed by atoms with E-state index in [2.05, 4.69) is 33.6 Å². The zero-order valence-corrected chi connectivity index (χ0v) is 43.8. The van der Waals surface area contributed by atoms with E-state index in [1.54, 1.807) is 20.0 Å². The number of nitrogens with two attached hydrogens (primary N) is 2. The molecular formula is C55H86N6O7S2. The number of fused-ring (bicyclic) bond motifs is 2. The van der Waals surface area contributed by atoms with Crippen LogP contribution in [0, 0.1) is 47.3 Å². The number of rotatable bonds is 19.